The maximum atomic E-state index is 4.08. The average molecular weight is 258 g/mol. The van der Waals surface area contributed by atoms with Gasteiger partial charge in [-0.25, -0.2) is 4.98 Å². The lowest BCUT2D eigenvalue weighted by Gasteiger charge is -2.22. The van der Waals surface area contributed by atoms with Gasteiger partial charge in [-0.05, 0) is 36.9 Å². The zero-order valence-corrected chi connectivity index (χ0v) is 11.5. The third kappa shape index (κ3) is 2.73. The summed E-state index contributed by atoms with van der Waals surface area (Å²) in [4.78, 5) is 4.08. The van der Waals surface area contributed by atoms with Crippen molar-refractivity contribution in [2.24, 2.45) is 0 Å². The molecule has 1 N–H and O–H groups in total. The van der Waals surface area contributed by atoms with Crippen molar-refractivity contribution in [3.05, 3.63) is 42.2 Å². The van der Waals surface area contributed by atoms with E-state index in [2.05, 4.69) is 38.8 Å². The maximum Gasteiger partial charge on any atom is 0.0946 e. The molecule has 19 heavy (non-hydrogen) atoms. The van der Waals surface area contributed by atoms with Crippen molar-refractivity contribution in [2.45, 2.75) is 45.3 Å². The Bertz CT molecular complexity index is 512. The summed E-state index contributed by atoms with van der Waals surface area (Å²) in [5.74, 6) is 0. The molecule has 0 saturated carbocycles. The van der Waals surface area contributed by atoms with Crippen LogP contribution in [0.4, 0.5) is 0 Å². The number of aromatic nitrogens is 3. The standard InChI is InChI=1S/C15H22N4/c1-2-17-15-5-3-4-13-10-19(11-14(13)15)9-8-18-7-6-16-12-18/h6-7,10-12,15,17H,2-5,8-9H2,1H3. The highest BCUT2D eigenvalue weighted by Crippen LogP contribution is 2.30. The molecule has 2 aromatic rings. The predicted molar refractivity (Wildman–Crippen MR) is 76.0 cm³/mol. The second-order valence-electron chi connectivity index (χ2n) is 5.28. The fourth-order valence-electron chi connectivity index (χ4n) is 2.99. The number of aryl methyl sites for hydroxylation is 3. The first-order chi connectivity index (χ1) is 9.36. The molecule has 2 heterocycles. The third-order valence-electron chi connectivity index (χ3n) is 3.94. The van der Waals surface area contributed by atoms with Gasteiger partial charge in [0.25, 0.3) is 0 Å². The third-order valence-corrected chi connectivity index (χ3v) is 3.94. The van der Waals surface area contributed by atoms with Crippen LogP contribution in [0, 0.1) is 0 Å². The minimum absolute atomic E-state index is 0.559. The lowest BCUT2D eigenvalue weighted by atomic mass is 9.91. The molecule has 4 nitrogen and oxygen atoms in total. The second-order valence-corrected chi connectivity index (χ2v) is 5.28. The van der Waals surface area contributed by atoms with Gasteiger partial charge in [-0.2, -0.15) is 0 Å². The van der Waals surface area contributed by atoms with Crippen LogP contribution >= 0.6 is 0 Å². The van der Waals surface area contributed by atoms with Gasteiger partial charge in [-0.1, -0.05) is 6.92 Å². The van der Waals surface area contributed by atoms with E-state index in [1.807, 2.05) is 18.7 Å². The highest BCUT2D eigenvalue weighted by atomic mass is 15.1. The summed E-state index contributed by atoms with van der Waals surface area (Å²) in [5, 5.41) is 3.60. The summed E-state index contributed by atoms with van der Waals surface area (Å²) < 4.78 is 4.46. The predicted octanol–water partition coefficient (Wildman–Crippen LogP) is 2.37. The molecule has 1 atom stereocenters. The molecular weight excluding hydrogens is 236 g/mol. The summed E-state index contributed by atoms with van der Waals surface area (Å²) >= 11 is 0. The first-order valence-corrected chi connectivity index (χ1v) is 7.24. The van der Waals surface area contributed by atoms with Crippen LogP contribution in [-0.2, 0) is 19.5 Å². The second kappa shape index (κ2) is 5.61. The Kier molecular flexibility index (Phi) is 3.69. The maximum absolute atomic E-state index is 4.08. The number of nitrogens with one attached hydrogen (secondary N) is 1. The Hall–Kier alpha value is -1.55. The van der Waals surface area contributed by atoms with E-state index in [0.29, 0.717) is 6.04 Å². The Morgan fingerprint density at radius 2 is 2.21 bits per heavy atom. The van der Waals surface area contributed by atoms with Crippen molar-refractivity contribution in [1.29, 1.82) is 0 Å². The fourth-order valence-corrected chi connectivity index (χ4v) is 2.99. The van der Waals surface area contributed by atoms with Crippen molar-refractivity contribution >= 4 is 0 Å². The molecule has 0 bridgehead atoms. The van der Waals surface area contributed by atoms with Crippen LogP contribution in [0.1, 0.15) is 36.9 Å². The Morgan fingerprint density at radius 1 is 1.32 bits per heavy atom. The summed E-state index contributed by atoms with van der Waals surface area (Å²) in [7, 11) is 0. The molecule has 0 spiro atoms. The molecule has 1 unspecified atom stereocenters. The van der Waals surface area contributed by atoms with Crippen molar-refractivity contribution in [3.8, 4) is 0 Å². The minimum Gasteiger partial charge on any atom is -0.352 e. The Labute approximate surface area is 114 Å². The van der Waals surface area contributed by atoms with Crippen molar-refractivity contribution in [3.63, 3.8) is 0 Å². The van der Waals surface area contributed by atoms with Crippen LogP contribution < -0.4 is 5.32 Å². The van der Waals surface area contributed by atoms with Crippen LogP contribution in [0.3, 0.4) is 0 Å². The van der Waals surface area contributed by atoms with E-state index in [1.165, 1.54) is 30.4 Å². The van der Waals surface area contributed by atoms with Crippen LogP contribution in [0.2, 0.25) is 0 Å². The SMILES string of the molecule is CCNC1CCCc2cn(CCn3ccnc3)cc21. The van der Waals surface area contributed by atoms with Crippen LogP contribution in [0.15, 0.2) is 31.1 Å². The molecule has 0 amide bonds. The number of hydrogen-bond acceptors (Lipinski definition) is 2. The highest BCUT2D eigenvalue weighted by molar-refractivity contribution is 5.30. The molecule has 4 heteroatoms. The number of rotatable bonds is 5. The normalized spacial score (nSPS) is 18.5. The highest BCUT2D eigenvalue weighted by Gasteiger charge is 2.20. The Morgan fingerprint density at radius 3 is 3.00 bits per heavy atom. The molecule has 2 aromatic heterocycles. The lowest BCUT2D eigenvalue weighted by molar-refractivity contribution is 0.473. The molecule has 0 fully saturated rings. The molecule has 3 rings (SSSR count). The van der Waals surface area contributed by atoms with Crippen LogP contribution in [0.5, 0.6) is 0 Å². The van der Waals surface area contributed by atoms with Crippen molar-refractivity contribution in [2.75, 3.05) is 6.54 Å². The quantitative estimate of drug-likeness (QED) is 0.893. The molecular formula is C15H22N4. The molecule has 0 aromatic carbocycles. The number of nitrogens with zero attached hydrogens (tertiary/aromatic N) is 3. The molecule has 0 saturated heterocycles. The number of fused-ring (bicyclic) bond motifs is 1. The monoisotopic (exact) mass is 258 g/mol. The van der Waals surface area contributed by atoms with E-state index in [1.54, 1.807) is 0 Å². The summed E-state index contributed by atoms with van der Waals surface area (Å²) in [6.07, 6.45) is 14.2. The van der Waals surface area contributed by atoms with Gasteiger partial charge in [-0.15, -0.1) is 0 Å². The zero-order chi connectivity index (χ0) is 13.1. The molecule has 1 aliphatic carbocycles. The van der Waals surface area contributed by atoms with Crippen molar-refractivity contribution < 1.29 is 0 Å². The van der Waals surface area contributed by atoms with E-state index >= 15 is 0 Å². The Balaban J connectivity index is 1.70. The average Bonchev–Trinajstić information content (AvgIpc) is 3.06. The van der Waals surface area contributed by atoms with E-state index in [4.69, 9.17) is 0 Å². The van der Waals surface area contributed by atoms with Gasteiger partial charge < -0.3 is 14.5 Å². The largest absolute Gasteiger partial charge is 0.352 e. The van der Waals surface area contributed by atoms with Gasteiger partial charge in [0, 0.05) is 43.9 Å². The van der Waals surface area contributed by atoms with Gasteiger partial charge in [-0.3, -0.25) is 0 Å². The van der Waals surface area contributed by atoms with Crippen LogP contribution in [-0.4, -0.2) is 20.7 Å². The first-order valence-electron chi connectivity index (χ1n) is 7.24. The summed E-state index contributed by atoms with van der Waals surface area (Å²) in [6, 6.07) is 0.559. The van der Waals surface area contributed by atoms with E-state index < -0.39 is 0 Å². The molecule has 0 radical (unpaired) electrons. The zero-order valence-electron chi connectivity index (χ0n) is 11.5. The minimum atomic E-state index is 0.559. The van der Waals surface area contributed by atoms with Gasteiger partial charge in [0.15, 0.2) is 0 Å². The lowest BCUT2D eigenvalue weighted by Crippen LogP contribution is -2.23. The topological polar surface area (TPSA) is 34.8 Å². The summed E-state index contributed by atoms with van der Waals surface area (Å²) in [6.45, 7) is 5.23. The molecule has 0 aliphatic heterocycles. The number of imidazole rings is 1. The van der Waals surface area contributed by atoms with E-state index in [-0.39, 0.29) is 0 Å². The van der Waals surface area contributed by atoms with Gasteiger partial charge in [0.2, 0.25) is 0 Å². The molecule has 1 aliphatic rings. The first kappa shape index (κ1) is 12.5. The molecule has 102 valence electrons. The van der Waals surface area contributed by atoms with Gasteiger partial charge in [0.1, 0.15) is 0 Å². The number of hydrogen-bond donors (Lipinski definition) is 1. The fraction of sp³-hybridized carbons (Fsp3) is 0.533. The van der Waals surface area contributed by atoms with Gasteiger partial charge >= 0.3 is 0 Å². The van der Waals surface area contributed by atoms with E-state index in [9.17, 15) is 0 Å². The van der Waals surface area contributed by atoms with E-state index in [0.717, 1.165) is 19.6 Å². The van der Waals surface area contributed by atoms with Crippen LogP contribution in [0.25, 0.3) is 0 Å². The van der Waals surface area contributed by atoms with Crippen molar-refractivity contribution in [1.82, 2.24) is 19.4 Å². The van der Waals surface area contributed by atoms with Gasteiger partial charge in [0.05, 0.1) is 6.33 Å². The smallest absolute Gasteiger partial charge is 0.0946 e. The summed E-state index contributed by atoms with van der Waals surface area (Å²) in [5.41, 5.74) is 3.04.